The number of imide groups is 1. The van der Waals surface area contributed by atoms with Gasteiger partial charge in [-0.1, -0.05) is 0 Å². The lowest BCUT2D eigenvalue weighted by atomic mass is 9.60. The van der Waals surface area contributed by atoms with Gasteiger partial charge in [0.1, 0.15) is 17.5 Å². The molecule has 5 aliphatic rings. The van der Waals surface area contributed by atoms with Crippen molar-refractivity contribution in [1.82, 2.24) is 25.5 Å². The fourth-order valence-electron chi connectivity index (χ4n) is 9.91. The first-order chi connectivity index (χ1) is 29.6. The Hall–Kier alpha value is -5.58. The Morgan fingerprint density at radius 1 is 1.02 bits per heavy atom. The number of anilines is 6. The van der Waals surface area contributed by atoms with Crippen molar-refractivity contribution >= 4 is 58.1 Å². The maximum atomic E-state index is 14.8. The molecule has 3 N–H and O–H groups in total. The third kappa shape index (κ3) is 8.86. The molecule has 1 aliphatic carbocycles. The lowest BCUT2D eigenvalue weighted by molar-refractivity contribution is -0.140. The maximum absolute atomic E-state index is 14.8. The number of halogens is 2. The highest BCUT2D eigenvalue weighted by molar-refractivity contribution is 6.02. The van der Waals surface area contributed by atoms with E-state index in [0.717, 1.165) is 81.8 Å². The second kappa shape index (κ2) is 17.3. The van der Waals surface area contributed by atoms with Crippen molar-refractivity contribution in [2.75, 3.05) is 85.4 Å². The zero-order chi connectivity index (χ0) is 43.9. The Balaban J connectivity index is 0.780. The lowest BCUT2D eigenvalue weighted by Gasteiger charge is -2.52. The van der Waals surface area contributed by atoms with E-state index in [1.807, 2.05) is 11.9 Å². The molecule has 332 valence electrons. The number of piperidine rings is 3. The Bertz CT molecular complexity index is 2170. The number of hydrogen-bond donors (Lipinski definition) is 3. The molecule has 5 heterocycles. The van der Waals surface area contributed by atoms with Crippen molar-refractivity contribution < 1.29 is 32.7 Å². The number of aromatic nitrogens is 2. The number of likely N-dealkylation sites (tertiary alicyclic amines) is 1. The first-order valence-corrected chi connectivity index (χ1v) is 21.8. The molecule has 1 saturated carbocycles. The number of likely N-dealkylation sites (N-methyl/N-ethyl adjacent to an activating group) is 1. The topological polar surface area (TPSA) is 156 Å². The third-order valence-electron chi connectivity index (χ3n) is 13.7. The fourth-order valence-corrected chi connectivity index (χ4v) is 9.91. The summed E-state index contributed by atoms with van der Waals surface area (Å²) < 4.78 is 35.2. The van der Waals surface area contributed by atoms with Gasteiger partial charge in [0.15, 0.2) is 5.82 Å². The molecule has 8 rings (SSSR count). The minimum Gasteiger partial charge on any atom is -0.495 e. The van der Waals surface area contributed by atoms with Gasteiger partial charge in [0.05, 0.1) is 25.5 Å². The summed E-state index contributed by atoms with van der Waals surface area (Å²) in [5.41, 5.74) is 3.57. The summed E-state index contributed by atoms with van der Waals surface area (Å²) in [6.45, 7) is 8.04. The van der Waals surface area contributed by atoms with Crippen LogP contribution >= 0.6 is 0 Å². The van der Waals surface area contributed by atoms with Gasteiger partial charge in [-0.05, 0) is 126 Å². The Labute approximate surface area is 361 Å². The minimum absolute atomic E-state index is 0.114. The largest absolute Gasteiger partial charge is 0.495 e. The van der Waals surface area contributed by atoms with Gasteiger partial charge in [-0.2, -0.15) is 13.8 Å². The van der Waals surface area contributed by atoms with Crippen LogP contribution in [0.25, 0.3) is 0 Å². The van der Waals surface area contributed by atoms with Gasteiger partial charge in [-0.3, -0.25) is 24.5 Å². The van der Waals surface area contributed by atoms with Crippen LogP contribution in [0.2, 0.25) is 0 Å². The predicted molar refractivity (Wildman–Crippen MR) is 234 cm³/mol. The van der Waals surface area contributed by atoms with E-state index in [1.165, 1.54) is 30.9 Å². The van der Waals surface area contributed by atoms with Gasteiger partial charge in [-0.15, -0.1) is 0 Å². The van der Waals surface area contributed by atoms with Crippen LogP contribution in [0.3, 0.4) is 0 Å². The monoisotopic (exact) mass is 856 g/mol. The van der Waals surface area contributed by atoms with Crippen LogP contribution in [0.15, 0.2) is 48.7 Å². The summed E-state index contributed by atoms with van der Waals surface area (Å²) in [7, 11) is 4.70. The smallest absolute Gasteiger partial charge is 0.342 e. The number of rotatable bonds is 11. The highest BCUT2D eigenvalue weighted by atomic mass is 19.3. The number of hydrogen-bond acceptors (Lipinski definition) is 12. The molecule has 1 spiro atoms. The molecule has 3 saturated heterocycles. The maximum Gasteiger partial charge on any atom is 0.342 e. The van der Waals surface area contributed by atoms with Crippen LogP contribution in [0, 0.1) is 11.3 Å². The van der Waals surface area contributed by atoms with Crippen molar-refractivity contribution in [3.63, 3.8) is 0 Å². The number of fused-ring (bicyclic) bond motifs is 1. The summed E-state index contributed by atoms with van der Waals surface area (Å²) in [5, 5.41) is 8.78. The minimum atomic E-state index is -3.59. The summed E-state index contributed by atoms with van der Waals surface area (Å²) >= 11 is 0. The molecule has 4 amide bonds. The zero-order valence-corrected chi connectivity index (χ0v) is 36.3. The lowest BCUT2D eigenvalue weighted by Crippen LogP contribution is -2.55. The predicted octanol–water partition coefficient (Wildman–Crippen LogP) is 5.19. The Morgan fingerprint density at radius 3 is 2.39 bits per heavy atom. The van der Waals surface area contributed by atoms with Crippen molar-refractivity contribution in [2.45, 2.75) is 89.3 Å². The molecular weight excluding hydrogens is 799 g/mol. The molecule has 0 bridgehead atoms. The quantitative estimate of drug-likeness (QED) is 0.218. The second-order valence-corrected chi connectivity index (χ2v) is 18.1. The summed E-state index contributed by atoms with van der Waals surface area (Å²) in [6.07, 6.45) is 8.77. The molecule has 1 unspecified atom stereocenters. The molecular formula is C45H58F2N10O5. The summed E-state index contributed by atoms with van der Waals surface area (Å²) in [5.74, 6) is -4.11. The van der Waals surface area contributed by atoms with Gasteiger partial charge in [0.2, 0.25) is 17.8 Å². The first kappa shape index (κ1) is 43.1. The normalized spacial score (nSPS) is 21.9. The zero-order valence-electron chi connectivity index (χ0n) is 36.3. The number of carbonyl (C=O) groups is 4. The number of carbonyl (C=O) groups excluding carboxylic acids is 4. The van der Waals surface area contributed by atoms with E-state index in [2.05, 4.69) is 60.0 Å². The van der Waals surface area contributed by atoms with Crippen LogP contribution in [-0.4, -0.2) is 123 Å². The van der Waals surface area contributed by atoms with Gasteiger partial charge < -0.3 is 39.9 Å². The molecule has 4 fully saturated rings. The van der Waals surface area contributed by atoms with Gasteiger partial charge in [0.25, 0.3) is 11.8 Å². The second-order valence-electron chi connectivity index (χ2n) is 18.1. The van der Waals surface area contributed by atoms with E-state index in [4.69, 9.17) is 4.74 Å². The van der Waals surface area contributed by atoms with E-state index in [0.29, 0.717) is 35.8 Å². The van der Waals surface area contributed by atoms with Gasteiger partial charge in [-0.25, -0.2) is 4.98 Å². The third-order valence-corrected chi connectivity index (χ3v) is 13.7. The summed E-state index contributed by atoms with van der Waals surface area (Å²) in [6, 6.07) is 12.9. The van der Waals surface area contributed by atoms with Crippen LogP contribution < -0.4 is 40.3 Å². The Morgan fingerprint density at radius 2 is 1.73 bits per heavy atom. The number of nitrogens with zero attached hydrogens (tertiary/aromatic N) is 7. The molecule has 4 aliphatic heterocycles. The van der Waals surface area contributed by atoms with Crippen molar-refractivity contribution in [2.24, 2.45) is 11.3 Å². The van der Waals surface area contributed by atoms with Crippen LogP contribution in [0.1, 0.15) is 75.6 Å². The van der Waals surface area contributed by atoms with E-state index in [9.17, 15) is 28.0 Å². The molecule has 1 atom stereocenters. The number of ether oxygens (including phenoxy) is 1. The fraction of sp³-hybridized carbons (Fsp3) is 0.556. The molecule has 0 radical (unpaired) electrons. The van der Waals surface area contributed by atoms with Crippen LogP contribution in [0.4, 0.5) is 43.3 Å². The highest BCUT2D eigenvalue weighted by Gasteiger charge is 2.48. The van der Waals surface area contributed by atoms with E-state index < -0.39 is 18.4 Å². The van der Waals surface area contributed by atoms with Crippen molar-refractivity contribution in [3.05, 3.63) is 54.2 Å². The number of amides is 4. The van der Waals surface area contributed by atoms with Crippen LogP contribution in [-0.2, 0) is 14.4 Å². The van der Waals surface area contributed by atoms with Gasteiger partial charge in [0, 0.05) is 69.2 Å². The molecule has 15 nitrogen and oxygen atoms in total. The van der Waals surface area contributed by atoms with Crippen molar-refractivity contribution in [3.8, 4) is 5.75 Å². The standard InChI is InChI=1S/C45H58F2N10O5/c1-28(2)57-27-45(46,47)42(61)54(4)36-25-48-43(52-39(36)57)50-34-11-6-30(22-37(34)62-5)40(59)49-31-23-44(24-31)16-20-55(21-17-44)26-29-14-18-56(19-15-29)33-9-7-32(8-10-33)53(3)35-12-13-38(58)51-41(35)60/h6-11,22,25,28-29,31,35H,12-21,23-24,26-27H2,1-5H3,(H,49,59)(H,48,50,52)(H,51,58,60). The average Bonchev–Trinajstić information content (AvgIpc) is 3.32. The number of alkyl halides is 2. The summed E-state index contributed by atoms with van der Waals surface area (Å²) in [4.78, 5) is 68.0. The molecule has 62 heavy (non-hydrogen) atoms. The number of benzene rings is 2. The molecule has 3 aromatic rings. The number of methoxy groups -OCH3 is 1. The van der Waals surface area contributed by atoms with Gasteiger partial charge >= 0.3 is 5.92 Å². The van der Waals surface area contributed by atoms with E-state index >= 15 is 0 Å². The molecule has 2 aromatic carbocycles. The van der Waals surface area contributed by atoms with E-state index in [1.54, 1.807) is 32.0 Å². The number of nitrogens with one attached hydrogen (secondary N) is 3. The highest BCUT2D eigenvalue weighted by Crippen LogP contribution is 2.49. The molecule has 17 heteroatoms. The SMILES string of the molecule is COc1cc(C(=O)NC2CC3(CCN(CC4CCN(c5ccc(N(C)C6CCC(=O)NC6=O)cc5)CC4)CC3)C2)ccc1Nc1ncc2c(n1)N(C(C)C)CC(F)(F)C(=O)N2C. The van der Waals surface area contributed by atoms with Crippen molar-refractivity contribution in [1.29, 1.82) is 0 Å². The Kier molecular flexibility index (Phi) is 12.0. The first-order valence-electron chi connectivity index (χ1n) is 21.8. The van der Waals surface area contributed by atoms with Crippen LogP contribution in [0.5, 0.6) is 5.75 Å². The van der Waals surface area contributed by atoms with E-state index in [-0.39, 0.29) is 58.7 Å². The molecule has 1 aromatic heterocycles. The average molecular weight is 857 g/mol.